The fourth-order valence-electron chi connectivity index (χ4n) is 2.96. The van der Waals surface area contributed by atoms with E-state index in [9.17, 15) is 0 Å². The van der Waals surface area contributed by atoms with Crippen LogP contribution in [0.5, 0.6) is 5.75 Å². The van der Waals surface area contributed by atoms with Gasteiger partial charge in [-0.3, -0.25) is 0 Å². The largest absolute Gasteiger partial charge is 0.487 e. The standard InChI is InChI=1S/C17H27NO2/c1-6-13(18)12-9-7-8-10-14(12)19-15-11-16(2,3)20-17(15,4)5/h7-10,13,15H,6,11,18H2,1-5H3/t13-,15?/m1/s1. The van der Waals surface area contributed by atoms with Crippen molar-refractivity contribution in [3.63, 3.8) is 0 Å². The molecule has 2 N–H and O–H groups in total. The second kappa shape index (κ2) is 5.38. The zero-order valence-corrected chi connectivity index (χ0v) is 13.3. The summed E-state index contributed by atoms with van der Waals surface area (Å²) in [5, 5.41) is 0. The van der Waals surface area contributed by atoms with Crippen LogP contribution >= 0.6 is 0 Å². The van der Waals surface area contributed by atoms with Crippen molar-refractivity contribution in [2.45, 2.75) is 70.8 Å². The highest BCUT2D eigenvalue weighted by Gasteiger charge is 2.47. The van der Waals surface area contributed by atoms with Gasteiger partial charge in [-0.05, 0) is 40.2 Å². The van der Waals surface area contributed by atoms with Gasteiger partial charge >= 0.3 is 0 Å². The molecule has 0 radical (unpaired) electrons. The van der Waals surface area contributed by atoms with Gasteiger partial charge in [0, 0.05) is 18.0 Å². The molecule has 3 nitrogen and oxygen atoms in total. The number of nitrogens with two attached hydrogens (primary N) is 1. The van der Waals surface area contributed by atoms with Crippen LogP contribution in [0.25, 0.3) is 0 Å². The minimum absolute atomic E-state index is 0.0182. The topological polar surface area (TPSA) is 44.5 Å². The van der Waals surface area contributed by atoms with Gasteiger partial charge < -0.3 is 15.2 Å². The van der Waals surface area contributed by atoms with Crippen molar-refractivity contribution in [1.82, 2.24) is 0 Å². The van der Waals surface area contributed by atoms with Gasteiger partial charge in [0.1, 0.15) is 17.5 Å². The molecule has 20 heavy (non-hydrogen) atoms. The predicted octanol–water partition coefficient (Wildman–Crippen LogP) is 3.82. The Labute approximate surface area is 122 Å². The molecule has 1 aliphatic rings. The third kappa shape index (κ3) is 3.15. The Morgan fingerprint density at radius 2 is 1.95 bits per heavy atom. The van der Waals surface area contributed by atoms with Crippen molar-refractivity contribution < 1.29 is 9.47 Å². The molecule has 0 bridgehead atoms. The van der Waals surface area contributed by atoms with Crippen molar-refractivity contribution >= 4 is 0 Å². The van der Waals surface area contributed by atoms with Crippen LogP contribution in [0.4, 0.5) is 0 Å². The Balaban J connectivity index is 2.23. The number of hydrogen-bond donors (Lipinski definition) is 1. The van der Waals surface area contributed by atoms with Crippen LogP contribution in [0.1, 0.15) is 59.1 Å². The van der Waals surface area contributed by atoms with E-state index < -0.39 is 0 Å². The summed E-state index contributed by atoms with van der Waals surface area (Å²) < 4.78 is 12.4. The minimum Gasteiger partial charge on any atom is -0.487 e. The molecule has 1 fully saturated rings. The van der Waals surface area contributed by atoms with Gasteiger partial charge in [0.2, 0.25) is 0 Å². The summed E-state index contributed by atoms with van der Waals surface area (Å²) in [7, 11) is 0. The molecule has 1 aromatic carbocycles. The Morgan fingerprint density at radius 1 is 1.30 bits per heavy atom. The number of rotatable bonds is 4. The first kappa shape index (κ1) is 15.3. The molecular weight excluding hydrogens is 250 g/mol. The molecule has 2 rings (SSSR count). The summed E-state index contributed by atoms with van der Waals surface area (Å²) in [4.78, 5) is 0. The molecule has 0 amide bonds. The SMILES string of the molecule is CC[C@@H](N)c1ccccc1OC1CC(C)(C)OC1(C)C. The second-order valence-electron chi connectivity index (χ2n) is 6.83. The molecule has 1 heterocycles. The number of hydrogen-bond acceptors (Lipinski definition) is 3. The molecule has 0 aromatic heterocycles. The van der Waals surface area contributed by atoms with Gasteiger partial charge in [-0.1, -0.05) is 25.1 Å². The lowest BCUT2D eigenvalue weighted by atomic mass is 9.96. The first-order valence-corrected chi connectivity index (χ1v) is 7.46. The third-order valence-corrected chi connectivity index (χ3v) is 4.02. The molecule has 2 atom stereocenters. The monoisotopic (exact) mass is 277 g/mol. The maximum atomic E-state index is 6.28. The molecule has 1 unspecified atom stereocenters. The van der Waals surface area contributed by atoms with E-state index >= 15 is 0 Å². The van der Waals surface area contributed by atoms with Crippen molar-refractivity contribution in [1.29, 1.82) is 0 Å². The van der Waals surface area contributed by atoms with E-state index in [4.69, 9.17) is 15.2 Å². The molecule has 1 aliphatic heterocycles. The fraction of sp³-hybridized carbons (Fsp3) is 0.647. The molecular formula is C17H27NO2. The Morgan fingerprint density at radius 3 is 2.50 bits per heavy atom. The van der Waals surface area contributed by atoms with E-state index in [0.717, 1.165) is 24.2 Å². The van der Waals surface area contributed by atoms with E-state index in [2.05, 4.69) is 40.7 Å². The van der Waals surface area contributed by atoms with Gasteiger partial charge in [-0.15, -0.1) is 0 Å². The summed E-state index contributed by atoms with van der Waals surface area (Å²) in [6.07, 6.45) is 1.83. The van der Waals surface area contributed by atoms with Crippen LogP contribution in [0.2, 0.25) is 0 Å². The zero-order chi connectivity index (χ0) is 15.0. The smallest absolute Gasteiger partial charge is 0.130 e. The van der Waals surface area contributed by atoms with Crippen molar-refractivity contribution in [2.24, 2.45) is 5.73 Å². The average Bonchev–Trinajstić information content (AvgIpc) is 2.57. The molecule has 0 spiro atoms. The van der Waals surface area contributed by atoms with Gasteiger partial charge in [0.05, 0.1) is 5.60 Å². The Bertz CT molecular complexity index is 468. The lowest BCUT2D eigenvalue weighted by Gasteiger charge is -2.28. The Kier molecular flexibility index (Phi) is 4.12. The van der Waals surface area contributed by atoms with Gasteiger partial charge in [0.15, 0.2) is 0 Å². The van der Waals surface area contributed by atoms with Gasteiger partial charge in [0.25, 0.3) is 0 Å². The van der Waals surface area contributed by atoms with Crippen molar-refractivity contribution in [2.75, 3.05) is 0 Å². The van der Waals surface area contributed by atoms with Crippen LogP contribution in [0.15, 0.2) is 24.3 Å². The summed E-state index contributed by atoms with van der Waals surface area (Å²) in [6.45, 7) is 10.5. The average molecular weight is 277 g/mol. The number of benzene rings is 1. The maximum Gasteiger partial charge on any atom is 0.130 e. The van der Waals surface area contributed by atoms with E-state index in [1.807, 2.05) is 18.2 Å². The quantitative estimate of drug-likeness (QED) is 0.910. The zero-order valence-electron chi connectivity index (χ0n) is 13.3. The second-order valence-corrected chi connectivity index (χ2v) is 6.83. The number of para-hydroxylation sites is 1. The van der Waals surface area contributed by atoms with Gasteiger partial charge in [-0.2, -0.15) is 0 Å². The highest BCUT2D eigenvalue weighted by Crippen LogP contribution is 2.40. The summed E-state index contributed by atoms with van der Waals surface area (Å²) in [5.41, 5.74) is 6.83. The van der Waals surface area contributed by atoms with E-state index in [1.165, 1.54) is 0 Å². The molecule has 1 aromatic rings. The van der Waals surface area contributed by atoms with Crippen LogP contribution in [-0.4, -0.2) is 17.3 Å². The third-order valence-electron chi connectivity index (χ3n) is 4.02. The normalized spacial score (nSPS) is 25.4. The molecule has 0 aliphatic carbocycles. The van der Waals surface area contributed by atoms with Crippen LogP contribution < -0.4 is 10.5 Å². The summed E-state index contributed by atoms with van der Waals surface area (Å²) >= 11 is 0. The lowest BCUT2D eigenvalue weighted by Crippen LogP contribution is -2.37. The molecule has 0 saturated carbocycles. The van der Waals surface area contributed by atoms with Crippen LogP contribution in [-0.2, 0) is 4.74 Å². The molecule has 1 saturated heterocycles. The Hall–Kier alpha value is -1.06. The highest BCUT2D eigenvalue weighted by molar-refractivity contribution is 5.36. The van der Waals surface area contributed by atoms with Crippen molar-refractivity contribution in [3.8, 4) is 5.75 Å². The first-order valence-electron chi connectivity index (χ1n) is 7.46. The molecule has 112 valence electrons. The predicted molar refractivity (Wildman–Crippen MR) is 81.9 cm³/mol. The first-order chi connectivity index (χ1) is 9.25. The van der Waals surface area contributed by atoms with E-state index in [1.54, 1.807) is 0 Å². The maximum absolute atomic E-state index is 6.28. The molecule has 3 heteroatoms. The van der Waals surface area contributed by atoms with Crippen molar-refractivity contribution in [3.05, 3.63) is 29.8 Å². The minimum atomic E-state index is -0.285. The fourth-order valence-corrected chi connectivity index (χ4v) is 2.96. The van der Waals surface area contributed by atoms with E-state index in [-0.39, 0.29) is 23.3 Å². The summed E-state index contributed by atoms with van der Waals surface area (Å²) in [5.74, 6) is 0.890. The van der Waals surface area contributed by atoms with Gasteiger partial charge in [-0.25, -0.2) is 0 Å². The highest BCUT2D eigenvalue weighted by atomic mass is 16.6. The lowest BCUT2D eigenvalue weighted by molar-refractivity contribution is -0.0847. The van der Waals surface area contributed by atoms with E-state index in [0.29, 0.717) is 0 Å². The summed E-state index contributed by atoms with van der Waals surface area (Å²) in [6, 6.07) is 8.08. The van der Waals surface area contributed by atoms with Crippen LogP contribution in [0.3, 0.4) is 0 Å². The van der Waals surface area contributed by atoms with Crippen LogP contribution in [0, 0.1) is 0 Å². The number of ether oxygens (including phenoxy) is 2.